The maximum atomic E-state index is 12.7. The monoisotopic (exact) mass is 298 g/mol. The van der Waals surface area contributed by atoms with Crippen molar-refractivity contribution >= 4 is 17.5 Å². The summed E-state index contributed by atoms with van der Waals surface area (Å²) < 4.78 is 38.0. The number of rotatable bonds is 4. The highest BCUT2D eigenvalue weighted by Crippen LogP contribution is 2.32. The van der Waals surface area contributed by atoms with Crippen LogP contribution >= 0.6 is 0 Å². The molecule has 0 spiro atoms. The van der Waals surface area contributed by atoms with Crippen LogP contribution in [0.5, 0.6) is 0 Å². The van der Waals surface area contributed by atoms with Gasteiger partial charge in [-0.3, -0.25) is 9.59 Å². The Hall–Kier alpha value is -2.15. The quantitative estimate of drug-likeness (QED) is 0.684. The number of hydrogen-bond acceptors (Lipinski definition) is 3. The molecule has 0 aliphatic carbocycles. The summed E-state index contributed by atoms with van der Waals surface area (Å²) in [5, 5.41) is 2.80. The van der Waals surface area contributed by atoms with Gasteiger partial charge in [-0.15, -0.1) is 6.58 Å². The van der Waals surface area contributed by atoms with Gasteiger partial charge in [-0.05, 0) is 18.2 Å². The summed E-state index contributed by atoms with van der Waals surface area (Å²) in [4.78, 5) is 24.8. The number of benzene rings is 1. The second-order valence-electron chi connectivity index (χ2n) is 4.57. The van der Waals surface area contributed by atoms with Crippen molar-refractivity contribution < 1.29 is 22.8 Å². The van der Waals surface area contributed by atoms with Crippen molar-refractivity contribution in [3.8, 4) is 0 Å². The predicted octanol–water partition coefficient (Wildman–Crippen LogP) is 2.11. The third-order valence-electron chi connectivity index (χ3n) is 3.09. The van der Waals surface area contributed by atoms with Crippen LogP contribution in [0.1, 0.15) is 12.0 Å². The molecule has 1 heterocycles. The fourth-order valence-corrected chi connectivity index (χ4v) is 2.11. The smallest absolute Gasteiger partial charge is 0.302 e. The fourth-order valence-electron chi connectivity index (χ4n) is 2.11. The zero-order chi connectivity index (χ0) is 15.6. The summed E-state index contributed by atoms with van der Waals surface area (Å²) in [5.41, 5.74) is -0.967. The maximum absolute atomic E-state index is 12.7. The largest absolute Gasteiger partial charge is 0.416 e. The van der Waals surface area contributed by atoms with Gasteiger partial charge in [0.15, 0.2) is 0 Å². The van der Waals surface area contributed by atoms with Gasteiger partial charge in [-0.1, -0.05) is 12.1 Å². The first kappa shape index (κ1) is 15.2. The number of nitrogens with zero attached hydrogens (tertiary/aromatic N) is 1. The van der Waals surface area contributed by atoms with E-state index in [2.05, 4.69) is 11.9 Å². The van der Waals surface area contributed by atoms with Crippen LogP contribution in [0.25, 0.3) is 0 Å². The molecule has 1 saturated heterocycles. The summed E-state index contributed by atoms with van der Waals surface area (Å²) in [6.45, 7) is 3.82. The first-order valence-electron chi connectivity index (χ1n) is 6.23. The van der Waals surface area contributed by atoms with Gasteiger partial charge in [0.05, 0.1) is 23.7 Å². The van der Waals surface area contributed by atoms with E-state index in [0.29, 0.717) is 6.54 Å². The average Bonchev–Trinajstić information content (AvgIpc) is 2.70. The predicted molar refractivity (Wildman–Crippen MR) is 70.5 cm³/mol. The van der Waals surface area contributed by atoms with E-state index < -0.39 is 29.6 Å². The number of anilines is 1. The van der Waals surface area contributed by atoms with Crippen molar-refractivity contribution in [1.29, 1.82) is 0 Å². The van der Waals surface area contributed by atoms with Crippen molar-refractivity contribution in [2.45, 2.75) is 18.6 Å². The SMILES string of the molecule is C=CCNC1CC(=O)N(c2cccc(C(F)(F)F)c2)C1=O. The van der Waals surface area contributed by atoms with Crippen LogP contribution in [0, 0.1) is 0 Å². The summed E-state index contributed by atoms with van der Waals surface area (Å²) in [7, 11) is 0. The van der Waals surface area contributed by atoms with Crippen molar-refractivity contribution in [3.05, 3.63) is 42.5 Å². The van der Waals surface area contributed by atoms with Gasteiger partial charge in [-0.25, -0.2) is 4.90 Å². The lowest BCUT2D eigenvalue weighted by Crippen LogP contribution is -2.38. The molecule has 0 bridgehead atoms. The normalized spacial score (nSPS) is 19.2. The Balaban J connectivity index is 2.27. The molecule has 0 radical (unpaired) electrons. The standard InChI is InChI=1S/C14H13F3N2O2/c1-2-6-18-11-8-12(20)19(13(11)21)10-5-3-4-9(7-10)14(15,16)17/h2-5,7,11,18H,1,6,8H2. The van der Waals surface area contributed by atoms with Crippen LogP contribution in [0.4, 0.5) is 18.9 Å². The van der Waals surface area contributed by atoms with E-state index in [1.807, 2.05) is 0 Å². The van der Waals surface area contributed by atoms with Crippen molar-refractivity contribution in [2.24, 2.45) is 0 Å². The Kier molecular flexibility index (Phi) is 4.13. The lowest BCUT2D eigenvalue weighted by Gasteiger charge is -2.17. The number of carbonyl (C=O) groups excluding carboxylic acids is 2. The van der Waals surface area contributed by atoms with E-state index in [9.17, 15) is 22.8 Å². The van der Waals surface area contributed by atoms with Gasteiger partial charge < -0.3 is 5.32 Å². The van der Waals surface area contributed by atoms with Crippen LogP contribution in [0.2, 0.25) is 0 Å². The van der Waals surface area contributed by atoms with Gasteiger partial charge in [0.2, 0.25) is 5.91 Å². The Morgan fingerprint density at radius 1 is 1.38 bits per heavy atom. The van der Waals surface area contributed by atoms with E-state index in [1.54, 1.807) is 0 Å². The Labute approximate surface area is 119 Å². The van der Waals surface area contributed by atoms with Crippen molar-refractivity contribution in [3.63, 3.8) is 0 Å². The second kappa shape index (κ2) is 5.69. The minimum absolute atomic E-state index is 0.0669. The van der Waals surface area contributed by atoms with E-state index in [1.165, 1.54) is 18.2 Å². The van der Waals surface area contributed by atoms with Gasteiger partial charge in [0, 0.05) is 6.54 Å². The van der Waals surface area contributed by atoms with Crippen LogP contribution in [-0.2, 0) is 15.8 Å². The van der Waals surface area contributed by atoms with Crippen molar-refractivity contribution in [2.75, 3.05) is 11.4 Å². The van der Waals surface area contributed by atoms with E-state index in [-0.39, 0.29) is 12.1 Å². The first-order valence-corrected chi connectivity index (χ1v) is 6.23. The van der Waals surface area contributed by atoms with Crippen LogP contribution in [-0.4, -0.2) is 24.4 Å². The van der Waals surface area contributed by atoms with Gasteiger partial charge in [0.25, 0.3) is 5.91 Å². The first-order chi connectivity index (χ1) is 9.84. The molecule has 7 heteroatoms. The molecule has 0 aromatic heterocycles. The number of imide groups is 1. The molecule has 112 valence electrons. The van der Waals surface area contributed by atoms with Gasteiger partial charge in [-0.2, -0.15) is 13.2 Å². The van der Waals surface area contributed by atoms with Crippen molar-refractivity contribution in [1.82, 2.24) is 5.32 Å². The Morgan fingerprint density at radius 3 is 2.71 bits per heavy atom. The summed E-state index contributed by atoms with van der Waals surface area (Å²) in [6, 6.07) is 3.43. The van der Waals surface area contributed by atoms with Crippen LogP contribution in [0.15, 0.2) is 36.9 Å². The maximum Gasteiger partial charge on any atom is 0.416 e. The number of carbonyl (C=O) groups is 2. The molecule has 4 nitrogen and oxygen atoms in total. The van der Waals surface area contributed by atoms with E-state index >= 15 is 0 Å². The number of alkyl halides is 3. The number of amides is 2. The zero-order valence-corrected chi connectivity index (χ0v) is 11.0. The molecule has 1 fully saturated rings. The van der Waals surface area contributed by atoms with Crippen LogP contribution in [0.3, 0.4) is 0 Å². The topological polar surface area (TPSA) is 49.4 Å². The third kappa shape index (κ3) is 3.13. The molecule has 21 heavy (non-hydrogen) atoms. The fraction of sp³-hybridized carbons (Fsp3) is 0.286. The molecule has 2 amide bonds. The third-order valence-corrected chi connectivity index (χ3v) is 3.09. The lowest BCUT2D eigenvalue weighted by molar-refractivity contribution is -0.137. The molecule has 1 atom stereocenters. The van der Waals surface area contributed by atoms with Gasteiger partial charge >= 0.3 is 6.18 Å². The molecule has 1 N–H and O–H groups in total. The highest BCUT2D eigenvalue weighted by molar-refractivity contribution is 6.22. The van der Waals surface area contributed by atoms with E-state index in [0.717, 1.165) is 17.0 Å². The highest BCUT2D eigenvalue weighted by atomic mass is 19.4. The summed E-state index contributed by atoms with van der Waals surface area (Å²) in [5.74, 6) is -1.08. The highest BCUT2D eigenvalue weighted by Gasteiger charge is 2.40. The molecule has 1 aromatic rings. The zero-order valence-electron chi connectivity index (χ0n) is 11.0. The lowest BCUT2D eigenvalue weighted by atomic mass is 10.2. The summed E-state index contributed by atoms with van der Waals surface area (Å²) in [6.07, 6.45) is -3.07. The van der Waals surface area contributed by atoms with E-state index in [4.69, 9.17) is 0 Å². The number of halogens is 3. The average molecular weight is 298 g/mol. The number of nitrogens with one attached hydrogen (secondary N) is 1. The molecule has 1 aromatic carbocycles. The molecular formula is C14H13F3N2O2. The molecule has 1 unspecified atom stereocenters. The molecule has 1 aliphatic heterocycles. The molecule has 0 saturated carbocycles. The molecule has 2 rings (SSSR count). The van der Waals surface area contributed by atoms with Gasteiger partial charge in [0.1, 0.15) is 0 Å². The second-order valence-corrected chi connectivity index (χ2v) is 4.57. The van der Waals surface area contributed by atoms with Crippen LogP contribution < -0.4 is 10.2 Å². The minimum atomic E-state index is -4.53. The number of hydrogen-bond donors (Lipinski definition) is 1. The molecule has 1 aliphatic rings. The summed E-state index contributed by atoms with van der Waals surface area (Å²) >= 11 is 0. The molecular weight excluding hydrogens is 285 g/mol. The Bertz CT molecular complexity index is 584. The Morgan fingerprint density at radius 2 is 2.10 bits per heavy atom. The minimum Gasteiger partial charge on any atom is -0.302 e.